The van der Waals surface area contributed by atoms with Crippen molar-refractivity contribution in [3.63, 3.8) is 0 Å². The minimum Gasteiger partial charge on any atom is -0.466 e. The van der Waals surface area contributed by atoms with Gasteiger partial charge in [0.15, 0.2) is 5.69 Å². The predicted octanol–water partition coefficient (Wildman–Crippen LogP) is 2.82. The van der Waals surface area contributed by atoms with Crippen molar-refractivity contribution in [2.24, 2.45) is 0 Å². The van der Waals surface area contributed by atoms with Crippen LogP contribution >= 0.6 is 0 Å². The van der Waals surface area contributed by atoms with E-state index in [4.69, 9.17) is 11.3 Å². The molecule has 1 fully saturated rings. The van der Waals surface area contributed by atoms with Gasteiger partial charge in [-0.1, -0.05) is 54.6 Å². The molecule has 4 amide bonds. The van der Waals surface area contributed by atoms with Crippen molar-refractivity contribution in [1.82, 2.24) is 15.5 Å². The fraction of sp³-hybridized carbons (Fsp3) is 0.292. The standard InChI is InChI=1S/C24H24N4O5/c1-4-33-21(30)14-19(16-8-6-5-7-9-16)26-20(29)15-28-22(31)24(2,27-23(28)32)17-10-12-18(25-3)13-11-17/h5-13,19H,4,14-15H2,1-2H3,(H,26,29)(H,27,32). The lowest BCUT2D eigenvalue weighted by Crippen LogP contribution is -2.44. The number of ether oxygens (including phenoxy) is 1. The summed E-state index contributed by atoms with van der Waals surface area (Å²) in [5.41, 5.74) is 0.243. The predicted molar refractivity (Wildman–Crippen MR) is 119 cm³/mol. The van der Waals surface area contributed by atoms with Crippen molar-refractivity contribution in [3.05, 3.63) is 77.1 Å². The van der Waals surface area contributed by atoms with E-state index < -0.39 is 41.9 Å². The van der Waals surface area contributed by atoms with Crippen LogP contribution in [0.15, 0.2) is 54.6 Å². The summed E-state index contributed by atoms with van der Waals surface area (Å²) in [5, 5.41) is 5.35. The zero-order valence-corrected chi connectivity index (χ0v) is 18.3. The fourth-order valence-corrected chi connectivity index (χ4v) is 3.61. The van der Waals surface area contributed by atoms with Crippen molar-refractivity contribution in [2.45, 2.75) is 31.8 Å². The van der Waals surface area contributed by atoms with Gasteiger partial charge in [-0.2, -0.15) is 0 Å². The molecule has 2 atom stereocenters. The molecule has 9 nitrogen and oxygen atoms in total. The number of imide groups is 1. The number of carbonyl (C=O) groups is 4. The number of hydrogen-bond donors (Lipinski definition) is 2. The Morgan fingerprint density at radius 3 is 2.42 bits per heavy atom. The Kier molecular flexibility index (Phi) is 7.08. The van der Waals surface area contributed by atoms with Gasteiger partial charge < -0.3 is 15.4 Å². The molecule has 0 aromatic heterocycles. The largest absolute Gasteiger partial charge is 0.466 e. The van der Waals surface area contributed by atoms with Crippen molar-refractivity contribution >= 4 is 29.5 Å². The highest BCUT2D eigenvalue weighted by Crippen LogP contribution is 2.30. The molecule has 1 saturated heterocycles. The molecule has 2 N–H and O–H groups in total. The summed E-state index contributed by atoms with van der Waals surface area (Å²) < 4.78 is 5.00. The van der Waals surface area contributed by atoms with Gasteiger partial charge in [-0.3, -0.25) is 19.3 Å². The van der Waals surface area contributed by atoms with Gasteiger partial charge in [0, 0.05) is 0 Å². The van der Waals surface area contributed by atoms with Crippen LogP contribution in [-0.4, -0.2) is 41.9 Å². The van der Waals surface area contributed by atoms with Crippen LogP contribution in [0.2, 0.25) is 0 Å². The van der Waals surface area contributed by atoms with E-state index in [0.717, 1.165) is 4.90 Å². The van der Waals surface area contributed by atoms with E-state index in [2.05, 4.69) is 15.5 Å². The molecule has 1 aliphatic heterocycles. The Labute approximate surface area is 191 Å². The molecule has 170 valence electrons. The molecule has 0 bridgehead atoms. The SMILES string of the molecule is [C-]#[N+]c1ccc(C2(C)NC(=O)N(CC(=O)NC(CC(=O)OCC)c3ccccc3)C2=O)cc1. The van der Waals surface area contributed by atoms with Crippen molar-refractivity contribution in [2.75, 3.05) is 13.2 Å². The molecule has 2 aromatic rings. The molecule has 1 heterocycles. The van der Waals surface area contributed by atoms with E-state index in [0.29, 0.717) is 16.8 Å². The van der Waals surface area contributed by atoms with Gasteiger partial charge >= 0.3 is 12.0 Å². The summed E-state index contributed by atoms with van der Waals surface area (Å²) >= 11 is 0. The summed E-state index contributed by atoms with van der Waals surface area (Å²) in [6.45, 7) is 9.99. The van der Waals surface area contributed by atoms with Gasteiger partial charge in [0.2, 0.25) is 5.91 Å². The summed E-state index contributed by atoms with van der Waals surface area (Å²) in [5.74, 6) is -1.65. The molecule has 1 aliphatic rings. The lowest BCUT2D eigenvalue weighted by molar-refractivity contribution is -0.144. The highest BCUT2D eigenvalue weighted by atomic mass is 16.5. The average molecular weight is 448 g/mol. The van der Waals surface area contributed by atoms with E-state index in [1.54, 1.807) is 62.4 Å². The molecule has 2 aromatic carbocycles. The average Bonchev–Trinajstić information content (AvgIpc) is 3.03. The molecular formula is C24H24N4O5. The first-order chi connectivity index (χ1) is 15.8. The molecule has 0 aliphatic carbocycles. The molecule has 2 unspecified atom stereocenters. The third-order valence-corrected chi connectivity index (χ3v) is 5.36. The van der Waals surface area contributed by atoms with E-state index >= 15 is 0 Å². The minimum atomic E-state index is -1.36. The molecule has 33 heavy (non-hydrogen) atoms. The summed E-state index contributed by atoms with van der Waals surface area (Å²) in [6, 6.07) is 13.8. The van der Waals surface area contributed by atoms with Gasteiger partial charge in [0.25, 0.3) is 5.91 Å². The lowest BCUT2D eigenvalue weighted by Gasteiger charge is -2.23. The second-order valence-electron chi connectivity index (χ2n) is 7.65. The lowest BCUT2D eigenvalue weighted by atomic mass is 9.92. The van der Waals surface area contributed by atoms with Crippen LogP contribution < -0.4 is 10.6 Å². The second kappa shape index (κ2) is 9.96. The second-order valence-corrected chi connectivity index (χ2v) is 7.65. The van der Waals surface area contributed by atoms with E-state index in [-0.39, 0.29) is 13.0 Å². The number of nitrogens with zero attached hydrogens (tertiary/aromatic N) is 2. The van der Waals surface area contributed by atoms with Crippen LogP contribution in [0.3, 0.4) is 0 Å². The van der Waals surface area contributed by atoms with Gasteiger partial charge in [0.1, 0.15) is 12.1 Å². The first-order valence-electron chi connectivity index (χ1n) is 10.4. The van der Waals surface area contributed by atoms with Gasteiger partial charge in [-0.15, -0.1) is 0 Å². The summed E-state index contributed by atoms with van der Waals surface area (Å²) in [4.78, 5) is 54.6. The zero-order chi connectivity index (χ0) is 24.0. The van der Waals surface area contributed by atoms with E-state index in [9.17, 15) is 19.2 Å². The number of hydrogen-bond acceptors (Lipinski definition) is 5. The number of benzene rings is 2. The Hall–Kier alpha value is -4.19. The monoisotopic (exact) mass is 448 g/mol. The number of amides is 4. The smallest absolute Gasteiger partial charge is 0.325 e. The van der Waals surface area contributed by atoms with E-state index in [1.807, 2.05) is 6.07 Å². The molecule has 0 spiro atoms. The number of esters is 1. The number of nitrogens with one attached hydrogen (secondary N) is 2. The number of urea groups is 1. The van der Waals surface area contributed by atoms with Crippen LogP contribution in [0.25, 0.3) is 4.85 Å². The first kappa shape index (κ1) is 23.5. The topological polar surface area (TPSA) is 109 Å². The zero-order valence-electron chi connectivity index (χ0n) is 18.3. The Balaban J connectivity index is 1.73. The summed E-state index contributed by atoms with van der Waals surface area (Å²) in [6.07, 6.45) is -0.0884. The van der Waals surface area contributed by atoms with Gasteiger partial charge in [-0.05, 0) is 25.0 Å². The van der Waals surface area contributed by atoms with Gasteiger partial charge in [-0.25, -0.2) is 9.64 Å². The van der Waals surface area contributed by atoms with Crippen LogP contribution in [-0.2, 0) is 24.7 Å². The third-order valence-electron chi connectivity index (χ3n) is 5.36. The highest BCUT2D eigenvalue weighted by molar-refractivity contribution is 6.09. The van der Waals surface area contributed by atoms with Crippen molar-refractivity contribution in [1.29, 1.82) is 0 Å². The summed E-state index contributed by atoms with van der Waals surface area (Å²) in [7, 11) is 0. The molecule has 3 rings (SSSR count). The number of carbonyl (C=O) groups excluding carboxylic acids is 4. The normalized spacial score (nSPS) is 18.3. The van der Waals surface area contributed by atoms with E-state index in [1.165, 1.54) is 0 Å². The van der Waals surface area contributed by atoms with Crippen LogP contribution in [0, 0.1) is 6.57 Å². The van der Waals surface area contributed by atoms with Crippen molar-refractivity contribution < 1.29 is 23.9 Å². The van der Waals surface area contributed by atoms with Crippen LogP contribution in [0.5, 0.6) is 0 Å². The molecule has 0 radical (unpaired) electrons. The van der Waals surface area contributed by atoms with Crippen LogP contribution in [0.4, 0.5) is 10.5 Å². The quantitative estimate of drug-likeness (QED) is 0.367. The highest BCUT2D eigenvalue weighted by Gasteiger charge is 2.49. The fourth-order valence-electron chi connectivity index (χ4n) is 3.61. The van der Waals surface area contributed by atoms with Gasteiger partial charge in [0.05, 0.1) is 25.6 Å². The number of rotatable bonds is 8. The van der Waals surface area contributed by atoms with Crippen LogP contribution in [0.1, 0.15) is 37.4 Å². The molecule has 0 saturated carbocycles. The maximum absolute atomic E-state index is 13.1. The first-order valence-corrected chi connectivity index (χ1v) is 10.4. The van der Waals surface area contributed by atoms with Crippen molar-refractivity contribution in [3.8, 4) is 0 Å². The maximum Gasteiger partial charge on any atom is 0.325 e. The molecular weight excluding hydrogens is 424 g/mol. The Morgan fingerprint density at radius 1 is 1.15 bits per heavy atom. The molecule has 9 heteroatoms. The Bertz CT molecular complexity index is 1090. The Morgan fingerprint density at radius 2 is 1.82 bits per heavy atom. The third kappa shape index (κ3) is 5.18. The minimum absolute atomic E-state index is 0.0884. The maximum atomic E-state index is 13.1.